The predicted molar refractivity (Wildman–Crippen MR) is 155 cm³/mol. The average Bonchev–Trinajstić information content (AvgIpc) is 3.03. The van der Waals surface area contributed by atoms with Gasteiger partial charge in [0, 0.05) is 6.42 Å². The fourth-order valence-electron chi connectivity index (χ4n) is 3.97. The van der Waals surface area contributed by atoms with Crippen LogP contribution in [0.25, 0.3) is 0 Å². The lowest BCUT2D eigenvalue weighted by molar-refractivity contribution is -0.149. The molecular weight excluding hydrogens is 536 g/mol. The lowest BCUT2D eigenvalue weighted by Crippen LogP contribution is -2.47. The molecule has 9 heteroatoms. The van der Waals surface area contributed by atoms with Gasteiger partial charge in [-0.25, -0.2) is 9.59 Å². The van der Waals surface area contributed by atoms with E-state index >= 15 is 0 Å². The number of esters is 1. The number of hydrogen-bond donors (Lipinski definition) is 3. The first-order valence-corrected chi connectivity index (χ1v) is 13.4. The first kappa shape index (κ1) is 29.7. The van der Waals surface area contributed by atoms with Gasteiger partial charge in [-0.05, 0) is 34.4 Å². The number of amides is 2. The Morgan fingerprint density at radius 2 is 1.21 bits per heavy atom. The van der Waals surface area contributed by atoms with E-state index in [0.717, 1.165) is 16.7 Å². The molecule has 0 radical (unpaired) electrons. The Balaban J connectivity index is 1.38. The largest absolute Gasteiger partial charge is 0.504 e. The van der Waals surface area contributed by atoms with Crippen LogP contribution < -0.4 is 15.4 Å². The first-order valence-electron chi connectivity index (χ1n) is 13.4. The number of nitrogens with one attached hydrogen (secondary N) is 2. The van der Waals surface area contributed by atoms with Gasteiger partial charge in [0.05, 0.1) is 0 Å². The van der Waals surface area contributed by atoms with Gasteiger partial charge in [-0.1, -0.05) is 97.1 Å². The highest BCUT2D eigenvalue weighted by Crippen LogP contribution is 2.28. The van der Waals surface area contributed by atoms with E-state index in [1.165, 1.54) is 6.07 Å². The zero-order valence-electron chi connectivity index (χ0n) is 22.9. The van der Waals surface area contributed by atoms with Crippen LogP contribution in [0.3, 0.4) is 0 Å². The minimum Gasteiger partial charge on any atom is -0.504 e. The van der Waals surface area contributed by atoms with Crippen LogP contribution in [0.5, 0.6) is 11.5 Å². The molecule has 0 aliphatic carbocycles. The zero-order valence-corrected chi connectivity index (χ0v) is 22.9. The summed E-state index contributed by atoms with van der Waals surface area (Å²) >= 11 is 0. The highest BCUT2D eigenvalue weighted by molar-refractivity contribution is 5.87. The monoisotopic (exact) mass is 568 g/mol. The number of alkyl carbamates (subject to hydrolysis) is 1. The molecule has 2 amide bonds. The van der Waals surface area contributed by atoms with Crippen LogP contribution in [0.15, 0.2) is 109 Å². The quantitative estimate of drug-likeness (QED) is 0.200. The molecule has 4 aromatic rings. The molecule has 0 unspecified atom stereocenters. The van der Waals surface area contributed by atoms with Gasteiger partial charge in [-0.2, -0.15) is 0 Å². The van der Waals surface area contributed by atoms with E-state index in [1.807, 2.05) is 91.0 Å². The van der Waals surface area contributed by atoms with Crippen LogP contribution in [0.1, 0.15) is 22.3 Å². The van der Waals surface area contributed by atoms with Gasteiger partial charge in [0.2, 0.25) is 5.91 Å². The minimum absolute atomic E-state index is 0.0249. The van der Waals surface area contributed by atoms with Crippen molar-refractivity contribution in [3.8, 4) is 11.5 Å². The summed E-state index contributed by atoms with van der Waals surface area (Å²) in [6.45, 7) is -0.0876. The third-order valence-corrected chi connectivity index (χ3v) is 6.15. The van der Waals surface area contributed by atoms with Gasteiger partial charge in [0.25, 0.3) is 0 Å². The maximum Gasteiger partial charge on any atom is 0.407 e. The van der Waals surface area contributed by atoms with Gasteiger partial charge in [-0.3, -0.25) is 4.79 Å². The van der Waals surface area contributed by atoms with Gasteiger partial charge >= 0.3 is 12.1 Å². The molecule has 0 fully saturated rings. The van der Waals surface area contributed by atoms with Crippen LogP contribution in [0.4, 0.5) is 4.79 Å². The van der Waals surface area contributed by atoms with Gasteiger partial charge < -0.3 is 30.0 Å². The third kappa shape index (κ3) is 9.71. The molecule has 216 valence electrons. The van der Waals surface area contributed by atoms with Crippen molar-refractivity contribution in [2.75, 3.05) is 6.54 Å². The van der Waals surface area contributed by atoms with E-state index in [4.69, 9.17) is 14.2 Å². The molecule has 0 aliphatic heterocycles. The van der Waals surface area contributed by atoms with E-state index < -0.39 is 30.6 Å². The fraction of sp³-hybridized carbons (Fsp3) is 0.182. The summed E-state index contributed by atoms with van der Waals surface area (Å²) in [6.07, 6.45) is -0.712. The summed E-state index contributed by atoms with van der Waals surface area (Å²) < 4.78 is 16.4. The molecule has 0 spiro atoms. The maximum atomic E-state index is 13.1. The molecule has 1 atom stereocenters. The van der Waals surface area contributed by atoms with Crippen molar-refractivity contribution < 1.29 is 33.7 Å². The summed E-state index contributed by atoms with van der Waals surface area (Å²) in [5.41, 5.74) is 3.14. The molecular formula is C33H32N2O7. The van der Waals surface area contributed by atoms with Crippen molar-refractivity contribution in [1.29, 1.82) is 0 Å². The van der Waals surface area contributed by atoms with Gasteiger partial charge in [-0.15, -0.1) is 0 Å². The van der Waals surface area contributed by atoms with E-state index in [9.17, 15) is 19.5 Å². The number of carbonyl (C=O) groups is 3. The van der Waals surface area contributed by atoms with E-state index in [1.54, 1.807) is 12.1 Å². The van der Waals surface area contributed by atoms with E-state index in [-0.39, 0.29) is 37.7 Å². The molecule has 4 aromatic carbocycles. The SMILES string of the molecule is O=C(CNC(=O)OCc1ccccc1)N[C@@H](Cc1ccc(O)c(OCc2ccccc2)c1)C(=O)OCc1ccccc1. The molecule has 3 N–H and O–H groups in total. The summed E-state index contributed by atoms with van der Waals surface area (Å²) in [5.74, 6) is -1.08. The topological polar surface area (TPSA) is 123 Å². The number of ether oxygens (including phenoxy) is 3. The molecule has 0 saturated carbocycles. The number of phenolic OH excluding ortho intramolecular Hbond substituents is 1. The predicted octanol–water partition coefficient (Wildman–Crippen LogP) is 4.67. The molecule has 0 saturated heterocycles. The number of rotatable bonds is 13. The number of phenols is 1. The van der Waals surface area contributed by atoms with Crippen molar-refractivity contribution in [2.24, 2.45) is 0 Å². The van der Waals surface area contributed by atoms with Crippen LogP contribution in [-0.2, 0) is 45.3 Å². The molecule has 0 bridgehead atoms. The molecule has 9 nitrogen and oxygen atoms in total. The molecule has 0 aliphatic rings. The van der Waals surface area contributed by atoms with Crippen LogP contribution in [0, 0.1) is 0 Å². The summed E-state index contributed by atoms with van der Waals surface area (Å²) in [4.78, 5) is 37.9. The number of aromatic hydroxyl groups is 1. The Bertz CT molecular complexity index is 1450. The zero-order chi connectivity index (χ0) is 29.6. The molecule has 4 rings (SSSR count). The lowest BCUT2D eigenvalue weighted by atomic mass is 10.0. The van der Waals surface area contributed by atoms with Crippen LogP contribution in [0.2, 0.25) is 0 Å². The van der Waals surface area contributed by atoms with Crippen molar-refractivity contribution in [3.05, 3.63) is 131 Å². The normalized spacial score (nSPS) is 11.1. The Morgan fingerprint density at radius 3 is 1.81 bits per heavy atom. The van der Waals surface area contributed by atoms with Gasteiger partial charge in [0.1, 0.15) is 32.4 Å². The second kappa shape index (κ2) is 15.5. The highest BCUT2D eigenvalue weighted by Gasteiger charge is 2.24. The van der Waals surface area contributed by atoms with Crippen molar-refractivity contribution >= 4 is 18.0 Å². The highest BCUT2D eigenvalue weighted by atomic mass is 16.5. The Hall–Kier alpha value is -5.31. The van der Waals surface area contributed by atoms with Crippen LogP contribution in [-0.4, -0.2) is 35.7 Å². The van der Waals surface area contributed by atoms with E-state index in [2.05, 4.69) is 10.6 Å². The Kier molecular flexibility index (Phi) is 10.9. The number of carbonyl (C=O) groups excluding carboxylic acids is 3. The second-order valence-corrected chi connectivity index (χ2v) is 9.41. The first-order chi connectivity index (χ1) is 20.5. The minimum atomic E-state index is -1.07. The standard InChI is InChI=1S/C33H32N2O7/c36-29-17-16-27(19-30(29)40-21-24-10-4-1-5-11-24)18-28(32(38)41-22-25-12-6-2-7-13-25)35-31(37)20-34-33(39)42-23-26-14-8-3-9-15-26/h1-17,19,28,36H,18,20-23H2,(H,34,39)(H,35,37)/t28-/m0/s1. The van der Waals surface area contributed by atoms with Crippen molar-refractivity contribution in [2.45, 2.75) is 32.3 Å². The third-order valence-electron chi connectivity index (χ3n) is 6.15. The smallest absolute Gasteiger partial charge is 0.407 e. The van der Waals surface area contributed by atoms with Crippen LogP contribution >= 0.6 is 0 Å². The van der Waals surface area contributed by atoms with Gasteiger partial charge in [0.15, 0.2) is 11.5 Å². The van der Waals surface area contributed by atoms with Crippen molar-refractivity contribution in [3.63, 3.8) is 0 Å². The number of benzene rings is 4. The summed E-state index contributed by atoms with van der Waals surface area (Å²) in [6, 6.07) is 31.4. The average molecular weight is 569 g/mol. The lowest BCUT2D eigenvalue weighted by Gasteiger charge is -2.19. The molecule has 42 heavy (non-hydrogen) atoms. The summed E-state index contributed by atoms with van der Waals surface area (Å²) in [7, 11) is 0. The Morgan fingerprint density at radius 1 is 0.667 bits per heavy atom. The second-order valence-electron chi connectivity index (χ2n) is 9.41. The van der Waals surface area contributed by atoms with E-state index in [0.29, 0.717) is 5.56 Å². The fourth-order valence-corrected chi connectivity index (χ4v) is 3.97. The number of hydrogen-bond acceptors (Lipinski definition) is 7. The molecule has 0 aromatic heterocycles. The molecule has 0 heterocycles. The summed E-state index contributed by atoms with van der Waals surface area (Å²) in [5, 5.41) is 15.3. The Labute approximate surface area is 244 Å². The maximum absolute atomic E-state index is 13.1. The van der Waals surface area contributed by atoms with Crippen molar-refractivity contribution in [1.82, 2.24) is 10.6 Å².